The molecule has 0 heterocycles. The average Bonchev–Trinajstić information content (AvgIpc) is 2.21. The summed E-state index contributed by atoms with van der Waals surface area (Å²) < 4.78 is 14.0. The minimum absolute atomic E-state index is 0.116. The van der Waals surface area contributed by atoms with E-state index in [1.807, 2.05) is 26.8 Å². The van der Waals surface area contributed by atoms with E-state index in [4.69, 9.17) is 0 Å². The zero-order valence-corrected chi connectivity index (χ0v) is 13.0. The van der Waals surface area contributed by atoms with Gasteiger partial charge in [0.15, 0.2) is 0 Å². The maximum Gasteiger partial charge on any atom is 0.131 e. The first-order valence-corrected chi connectivity index (χ1v) is 6.89. The number of aryl methyl sites for hydroxylation is 2. The molecule has 0 aromatic heterocycles. The van der Waals surface area contributed by atoms with Crippen LogP contribution in [0, 0.1) is 19.7 Å². The molecule has 0 amide bonds. The first-order chi connectivity index (χ1) is 8.70. The molecule has 0 spiro atoms. The maximum absolute atomic E-state index is 14.0. The van der Waals surface area contributed by atoms with Crippen molar-refractivity contribution in [1.29, 1.82) is 0 Å². The minimum Gasteiger partial charge on any atom is -0.312 e. The molecule has 2 heteroatoms. The summed E-state index contributed by atoms with van der Waals surface area (Å²) >= 11 is 0. The van der Waals surface area contributed by atoms with Crippen LogP contribution in [0.15, 0.2) is 18.2 Å². The molecule has 0 aliphatic carbocycles. The second kappa shape index (κ2) is 6.33. The molecule has 1 aromatic rings. The van der Waals surface area contributed by atoms with Gasteiger partial charge in [0.2, 0.25) is 0 Å². The third-order valence-electron chi connectivity index (χ3n) is 3.08. The quantitative estimate of drug-likeness (QED) is 0.781. The van der Waals surface area contributed by atoms with Crippen LogP contribution in [0.2, 0.25) is 0 Å². The minimum atomic E-state index is -0.116. The van der Waals surface area contributed by atoms with Gasteiger partial charge in [0.1, 0.15) is 5.82 Å². The highest BCUT2D eigenvalue weighted by Gasteiger charge is 2.09. The molecule has 1 nitrogen and oxygen atoms in total. The van der Waals surface area contributed by atoms with Crippen molar-refractivity contribution in [3.05, 3.63) is 40.7 Å². The van der Waals surface area contributed by atoms with Gasteiger partial charge in [-0.2, -0.15) is 0 Å². The van der Waals surface area contributed by atoms with E-state index in [2.05, 4.69) is 32.2 Å². The Kier molecular flexibility index (Phi) is 5.30. The Morgan fingerprint density at radius 1 is 1.26 bits per heavy atom. The third kappa shape index (κ3) is 5.15. The maximum atomic E-state index is 14.0. The second-order valence-corrected chi connectivity index (χ2v) is 6.29. The van der Waals surface area contributed by atoms with Crippen molar-refractivity contribution in [2.75, 3.05) is 6.54 Å². The van der Waals surface area contributed by atoms with E-state index in [1.54, 1.807) is 6.07 Å². The van der Waals surface area contributed by atoms with Crippen molar-refractivity contribution in [3.8, 4) is 0 Å². The van der Waals surface area contributed by atoms with Crippen molar-refractivity contribution in [1.82, 2.24) is 5.32 Å². The molecule has 1 aromatic carbocycles. The fraction of sp³-hybridized carbons (Fsp3) is 0.529. The number of rotatable bonds is 4. The van der Waals surface area contributed by atoms with Gasteiger partial charge in [0, 0.05) is 11.1 Å². The van der Waals surface area contributed by atoms with Gasteiger partial charge in [-0.05, 0) is 77.3 Å². The molecule has 0 aliphatic rings. The van der Waals surface area contributed by atoms with Crippen LogP contribution in [0.4, 0.5) is 4.39 Å². The Hall–Kier alpha value is -1.15. The Balaban J connectivity index is 2.75. The van der Waals surface area contributed by atoms with Crippen LogP contribution in [0.1, 0.15) is 50.8 Å². The average molecular weight is 263 g/mol. The zero-order valence-electron chi connectivity index (χ0n) is 13.0. The molecular weight excluding hydrogens is 237 g/mol. The lowest BCUT2D eigenvalue weighted by atomic mass is 9.98. The Labute approximate surface area is 116 Å². The number of allylic oxidation sites excluding steroid dienone is 1. The fourth-order valence-electron chi connectivity index (χ4n) is 2.25. The Morgan fingerprint density at radius 3 is 2.42 bits per heavy atom. The number of halogens is 1. The molecule has 0 unspecified atom stereocenters. The number of benzene rings is 1. The van der Waals surface area contributed by atoms with Crippen molar-refractivity contribution in [3.63, 3.8) is 0 Å². The molecule has 0 bridgehead atoms. The lowest BCUT2D eigenvalue weighted by Crippen LogP contribution is -2.36. The summed E-state index contributed by atoms with van der Waals surface area (Å²) in [5.41, 5.74) is 3.88. The monoisotopic (exact) mass is 263 g/mol. The third-order valence-corrected chi connectivity index (χ3v) is 3.08. The van der Waals surface area contributed by atoms with Crippen LogP contribution in [0.3, 0.4) is 0 Å². The first-order valence-electron chi connectivity index (χ1n) is 6.89. The zero-order chi connectivity index (χ0) is 14.6. The number of hydrogen-bond donors (Lipinski definition) is 1. The predicted octanol–water partition coefficient (Wildman–Crippen LogP) is 4.62. The lowest BCUT2D eigenvalue weighted by Gasteiger charge is -2.20. The SMILES string of the molecule is CC(=CCCNC(C)(C)C)c1c(C)cc(C)cc1F. The van der Waals surface area contributed by atoms with Gasteiger partial charge in [-0.15, -0.1) is 0 Å². The fourth-order valence-corrected chi connectivity index (χ4v) is 2.25. The molecule has 1 rings (SSSR count). The van der Waals surface area contributed by atoms with Crippen LogP contribution in [-0.2, 0) is 0 Å². The summed E-state index contributed by atoms with van der Waals surface area (Å²) in [6.07, 6.45) is 3.02. The van der Waals surface area contributed by atoms with E-state index in [9.17, 15) is 4.39 Å². The van der Waals surface area contributed by atoms with Gasteiger partial charge < -0.3 is 5.32 Å². The summed E-state index contributed by atoms with van der Waals surface area (Å²) in [6.45, 7) is 13.2. The van der Waals surface area contributed by atoms with E-state index < -0.39 is 0 Å². The van der Waals surface area contributed by atoms with E-state index in [1.165, 1.54) is 0 Å². The van der Waals surface area contributed by atoms with Crippen molar-refractivity contribution >= 4 is 5.57 Å². The number of hydrogen-bond acceptors (Lipinski definition) is 1. The molecule has 1 N–H and O–H groups in total. The molecule has 106 valence electrons. The summed E-state index contributed by atoms with van der Waals surface area (Å²) in [5, 5.41) is 3.43. The van der Waals surface area contributed by atoms with Crippen LogP contribution in [0.5, 0.6) is 0 Å². The highest BCUT2D eigenvalue weighted by atomic mass is 19.1. The van der Waals surface area contributed by atoms with Crippen LogP contribution in [0.25, 0.3) is 5.57 Å². The molecule has 0 fully saturated rings. The highest BCUT2D eigenvalue weighted by molar-refractivity contribution is 5.67. The largest absolute Gasteiger partial charge is 0.312 e. The van der Waals surface area contributed by atoms with E-state index >= 15 is 0 Å². The lowest BCUT2D eigenvalue weighted by molar-refractivity contribution is 0.431. The van der Waals surface area contributed by atoms with Gasteiger partial charge in [-0.1, -0.05) is 12.1 Å². The molecule has 19 heavy (non-hydrogen) atoms. The van der Waals surface area contributed by atoms with Crippen LogP contribution < -0.4 is 5.32 Å². The van der Waals surface area contributed by atoms with E-state index in [0.29, 0.717) is 0 Å². The predicted molar refractivity (Wildman–Crippen MR) is 81.9 cm³/mol. The normalized spacial score (nSPS) is 12.9. The first kappa shape index (κ1) is 15.9. The van der Waals surface area contributed by atoms with Gasteiger partial charge in [0.25, 0.3) is 0 Å². The molecule has 0 radical (unpaired) electrons. The topological polar surface area (TPSA) is 12.0 Å². The van der Waals surface area contributed by atoms with Gasteiger partial charge in [-0.3, -0.25) is 0 Å². The summed E-state index contributed by atoms with van der Waals surface area (Å²) in [6, 6.07) is 3.64. The van der Waals surface area contributed by atoms with Crippen molar-refractivity contribution < 1.29 is 4.39 Å². The summed E-state index contributed by atoms with van der Waals surface area (Å²) in [5.74, 6) is -0.116. The summed E-state index contributed by atoms with van der Waals surface area (Å²) in [7, 11) is 0. The van der Waals surface area contributed by atoms with Crippen LogP contribution in [-0.4, -0.2) is 12.1 Å². The number of nitrogens with one attached hydrogen (secondary N) is 1. The highest BCUT2D eigenvalue weighted by Crippen LogP contribution is 2.23. The molecule has 0 saturated heterocycles. The standard InChI is InChI=1S/C17H26FN/c1-12-10-14(3)16(15(18)11-12)13(2)8-7-9-19-17(4,5)6/h8,10-11,19H,7,9H2,1-6H3. The summed E-state index contributed by atoms with van der Waals surface area (Å²) in [4.78, 5) is 0. The molecule has 0 aliphatic heterocycles. The molecular formula is C17H26FN. The van der Waals surface area contributed by atoms with E-state index in [0.717, 1.165) is 35.2 Å². The smallest absolute Gasteiger partial charge is 0.131 e. The Bertz CT molecular complexity index is 444. The second-order valence-electron chi connectivity index (χ2n) is 6.29. The Morgan fingerprint density at radius 2 is 1.89 bits per heavy atom. The molecule has 0 saturated carbocycles. The van der Waals surface area contributed by atoms with Gasteiger partial charge >= 0.3 is 0 Å². The molecule has 0 atom stereocenters. The van der Waals surface area contributed by atoms with Gasteiger partial charge in [-0.25, -0.2) is 4.39 Å². The van der Waals surface area contributed by atoms with Gasteiger partial charge in [0.05, 0.1) is 0 Å². The van der Waals surface area contributed by atoms with E-state index in [-0.39, 0.29) is 11.4 Å². The van der Waals surface area contributed by atoms with Crippen molar-refractivity contribution in [2.45, 2.75) is 53.5 Å². The van der Waals surface area contributed by atoms with Crippen molar-refractivity contribution in [2.24, 2.45) is 0 Å². The van der Waals surface area contributed by atoms with Crippen LogP contribution >= 0.6 is 0 Å².